The van der Waals surface area contributed by atoms with Crippen molar-refractivity contribution in [1.29, 1.82) is 0 Å². The Kier molecular flexibility index (Phi) is 7.70. The van der Waals surface area contributed by atoms with Crippen molar-refractivity contribution in [2.75, 3.05) is 13.2 Å². The molecule has 0 spiro atoms. The summed E-state index contributed by atoms with van der Waals surface area (Å²) in [6.07, 6.45) is 3.51. The smallest absolute Gasteiger partial charge is 0.338 e. The maximum absolute atomic E-state index is 13.7. The molecule has 0 amide bonds. The second-order valence-electron chi connectivity index (χ2n) is 8.80. The zero-order valence-corrected chi connectivity index (χ0v) is 21.8. The van der Waals surface area contributed by atoms with Crippen molar-refractivity contribution in [3.8, 4) is 5.75 Å². The van der Waals surface area contributed by atoms with Crippen molar-refractivity contribution in [1.82, 2.24) is 4.57 Å². The van der Waals surface area contributed by atoms with Crippen LogP contribution in [-0.4, -0.2) is 23.8 Å². The Morgan fingerprint density at radius 2 is 1.97 bits per heavy atom. The first-order valence-electron chi connectivity index (χ1n) is 12.0. The van der Waals surface area contributed by atoms with Crippen LogP contribution in [0.4, 0.5) is 0 Å². The van der Waals surface area contributed by atoms with Gasteiger partial charge in [0.2, 0.25) is 0 Å². The standard InChI is InChI=1S/C29H30N2O4S/c1-6-15-35-23-10-8-9-20(16-23)17-24-27(32)31-26(22-13-11-21(12-14-22)18(3)4)25(28(33)34-7-2)19(5)30-29(31)36-24/h6,8-14,16-18,26H,1,7,15H2,2-5H3/b24-17-/t26-/m0/s1. The molecule has 1 aromatic heterocycles. The zero-order chi connectivity index (χ0) is 25.8. The molecule has 0 saturated carbocycles. The molecule has 4 rings (SSSR count). The molecule has 0 fully saturated rings. The van der Waals surface area contributed by atoms with E-state index in [1.54, 1.807) is 24.5 Å². The van der Waals surface area contributed by atoms with Crippen LogP contribution < -0.4 is 19.6 Å². The van der Waals surface area contributed by atoms with E-state index < -0.39 is 12.0 Å². The fourth-order valence-corrected chi connectivity index (χ4v) is 5.22. The molecule has 1 atom stereocenters. The lowest BCUT2D eigenvalue weighted by molar-refractivity contribution is -0.139. The Morgan fingerprint density at radius 1 is 1.22 bits per heavy atom. The van der Waals surface area contributed by atoms with Crippen LogP contribution in [-0.2, 0) is 9.53 Å². The van der Waals surface area contributed by atoms with Gasteiger partial charge in [-0.25, -0.2) is 9.79 Å². The first kappa shape index (κ1) is 25.4. The second kappa shape index (κ2) is 10.9. The van der Waals surface area contributed by atoms with Crippen LogP contribution in [0.3, 0.4) is 0 Å². The lowest BCUT2D eigenvalue weighted by Gasteiger charge is -2.25. The Bertz CT molecular complexity index is 1490. The fraction of sp³-hybridized carbons (Fsp3) is 0.276. The largest absolute Gasteiger partial charge is 0.490 e. The molecule has 7 heteroatoms. The predicted octanol–water partition coefficient (Wildman–Crippen LogP) is 4.49. The number of rotatable bonds is 8. The van der Waals surface area contributed by atoms with Crippen LogP contribution in [0.2, 0.25) is 0 Å². The van der Waals surface area contributed by atoms with Gasteiger partial charge in [0.05, 0.1) is 28.5 Å². The highest BCUT2D eigenvalue weighted by Crippen LogP contribution is 2.31. The molecule has 6 nitrogen and oxygen atoms in total. The molecular formula is C29H30N2O4S. The first-order chi connectivity index (χ1) is 17.3. The summed E-state index contributed by atoms with van der Waals surface area (Å²) < 4.78 is 13.1. The van der Waals surface area contributed by atoms with Gasteiger partial charge < -0.3 is 9.47 Å². The molecule has 0 radical (unpaired) electrons. The summed E-state index contributed by atoms with van der Waals surface area (Å²) in [4.78, 5) is 31.9. The number of allylic oxidation sites excluding steroid dienone is 1. The molecule has 2 aromatic carbocycles. The molecule has 0 bridgehead atoms. The van der Waals surface area contributed by atoms with Gasteiger partial charge in [-0.15, -0.1) is 0 Å². The summed E-state index contributed by atoms with van der Waals surface area (Å²) in [7, 11) is 0. The summed E-state index contributed by atoms with van der Waals surface area (Å²) >= 11 is 1.30. The van der Waals surface area contributed by atoms with Crippen molar-refractivity contribution < 1.29 is 14.3 Å². The van der Waals surface area contributed by atoms with Crippen molar-refractivity contribution in [3.63, 3.8) is 0 Å². The van der Waals surface area contributed by atoms with Crippen molar-refractivity contribution in [3.05, 3.63) is 109 Å². The highest BCUT2D eigenvalue weighted by atomic mass is 32.1. The summed E-state index contributed by atoms with van der Waals surface area (Å²) in [5.41, 5.74) is 3.59. The molecule has 36 heavy (non-hydrogen) atoms. The first-order valence-corrected chi connectivity index (χ1v) is 12.8. The lowest BCUT2D eigenvalue weighted by Crippen LogP contribution is -2.39. The van der Waals surface area contributed by atoms with Crippen LogP contribution in [0.15, 0.2) is 82.2 Å². The van der Waals surface area contributed by atoms with E-state index in [1.165, 1.54) is 16.9 Å². The molecule has 186 valence electrons. The zero-order valence-electron chi connectivity index (χ0n) is 21.0. The van der Waals surface area contributed by atoms with E-state index in [2.05, 4.69) is 25.4 Å². The molecular weight excluding hydrogens is 472 g/mol. The Hall–Kier alpha value is -3.71. The molecule has 0 unspecified atom stereocenters. The Balaban J connectivity index is 1.87. The van der Waals surface area contributed by atoms with Crippen molar-refractivity contribution in [2.45, 2.75) is 39.7 Å². The van der Waals surface area contributed by atoms with E-state index in [1.807, 2.05) is 54.6 Å². The van der Waals surface area contributed by atoms with Gasteiger partial charge in [0.15, 0.2) is 4.80 Å². The Labute approximate surface area is 214 Å². The van der Waals surface area contributed by atoms with E-state index in [0.717, 1.165) is 11.1 Å². The van der Waals surface area contributed by atoms with Crippen LogP contribution >= 0.6 is 11.3 Å². The number of ether oxygens (including phenoxy) is 2. The number of hydrogen-bond acceptors (Lipinski definition) is 6. The van der Waals surface area contributed by atoms with Crippen LogP contribution in [0, 0.1) is 0 Å². The summed E-state index contributed by atoms with van der Waals surface area (Å²) in [6, 6.07) is 15.0. The number of esters is 1. The number of benzene rings is 2. The molecule has 3 aromatic rings. The summed E-state index contributed by atoms with van der Waals surface area (Å²) in [5.74, 6) is 0.604. The average molecular weight is 503 g/mol. The van der Waals surface area contributed by atoms with E-state index in [9.17, 15) is 9.59 Å². The maximum atomic E-state index is 13.7. The molecule has 1 aliphatic heterocycles. The molecule has 2 heterocycles. The van der Waals surface area contributed by atoms with Gasteiger partial charge in [-0.05, 0) is 54.7 Å². The minimum Gasteiger partial charge on any atom is -0.490 e. The number of thiazole rings is 1. The normalized spacial score (nSPS) is 15.5. The van der Waals surface area contributed by atoms with Gasteiger partial charge in [0.1, 0.15) is 12.4 Å². The summed E-state index contributed by atoms with van der Waals surface area (Å²) in [6.45, 7) is 12.1. The second-order valence-corrected chi connectivity index (χ2v) is 9.80. The monoisotopic (exact) mass is 502 g/mol. The third-order valence-electron chi connectivity index (χ3n) is 5.96. The molecule has 1 aliphatic rings. The number of fused-ring (bicyclic) bond motifs is 1. The molecule has 0 saturated heterocycles. The van der Waals surface area contributed by atoms with Crippen LogP contribution in [0.25, 0.3) is 6.08 Å². The number of carbonyl (C=O) groups excluding carboxylic acids is 1. The van der Waals surface area contributed by atoms with Gasteiger partial charge in [-0.1, -0.05) is 74.2 Å². The van der Waals surface area contributed by atoms with Crippen LogP contribution in [0.1, 0.15) is 56.3 Å². The van der Waals surface area contributed by atoms with Gasteiger partial charge >= 0.3 is 5.97 Å². The minimum absolute atomic E-state index is 0.205. The van der Waals surface area contributed by atoms with Gasteiger partial charge in [0.25, 0.3) is 5.56 Å². The quantitative estimate of drug-likeness (QED) is 0.336. The number of hydrogen-bond donors (Lipinski definition) is 0. The number of nitrogens with zero attached hydrogens (tertiary/aromatic N) is 2. The van der Waals surface area contributed by atoms with Crippen molar-refractivity contribution >= 4 is 23.4 Å². The summed E-state index contributed by atoms with van der Waals surface area (Å²) in [5, 5.41) is 0. The van der Waals surface area contributed by atoms with Gasteiger partial charge in [-0.3, -0.25) is 9.36 Å². The van der Waals surface area contributed by atoms with Crippen molar-refractivity contribution in [2.24, 2.45) is 4.99 Å². The number of aromatic nitrogens is 1. The highest BCUT2D eigenvalue weighted by Gasteiger charge is 2.33. The third-order valence-corrected chi connectivity index (χ3v) is 6.94. The SMILES string of the molecule is C=CCOc1cccc(/C=c2\sc3n(c2=O)[C@@H](c2ccc(C(C)C)cc2)C(C(=O)OCC)=C(C)N=3)c1. The highest BCUT2D eigenvalue weighted by molar-refractivity contribution is 7.07. The molecule has 0 N–H and O–H groups in total. The fourth-order valence-electron chi connectivity index (χ4n) is 4.17. The average Bonchev–Trinajstić information content (AvgIpc) is 3.16. The lowest BCUT2D eigenvalue weighted by atomic mass is 9.93. The molecule has 0 aliphatic carbocycles. The van der Waals surface area contributed by atoms with E-state index in [0.29, 0.717) is 38.9 Å². The van der Waals surface area contributed by atoms with E-state index in [-0.39, 0.29) is 12.2 Å². The Morgan fingerprint density at radius 3 is 2.64 bits per heavy atom. The van der Waals surface area contributed by atoms with E-state index in [4.69, 9.17) is 9.47 Å². The number of carbonyl (C=O) groups is 1. The predicted molar refractivity (Wildman–Crippen MR) is 143 cm³/mol. The van der Waals surface area contributed by atoms with Crippen LogP contribution in [0.5, 0.6) is 5.75 Å². The van der Waals surface area contributed by atoms with Gasteiger partial charge in [0, 0.05) is 0 Å². The van der Waals surface area contributed by atoms with Gasteiger partial charge in [-0.2, -0.15) is 0 Å². The third kappa shape index (κ3) is 5.11. The minimum atomic E-state index is -0.620. The maximum Gasteiger partial charge on any atom is 0.338 e. The topological polar surface area (TPSA) is 69.9 Å². The van der Waals surface area contributed by atoms with E-state index >= 15 is 0 Å².